The molecular formula is C14H16N2O2. The summed E-state index contributed by atoms with van der Waals surface area (Å²) < 4.78 is 10.3. The van der Waals surface area contributed by atoms with Crippen molar-refractivity contribution in [2.75, 3.05) is 14.2 Å². The van der Waals surface area contributed by atoms with E-state index in [-0.39, 0.29) is 0 Å². The Labute approximate surface area is 107 Å². The zero-order valence-corrected chi connectivity index (χ0v) is 10.8. The van der Waals surface area contributed by atoms with E-state index in [1.54, 1.807) is 20.3 Å². The smallest absolute Gasteiger partial charge is 0.220 e. The van der Waals surface area contributed by atoms with Crippen molar-refractivity contribution in [2.45, 2.75) is 13.3 Å². The first-order chi connectivity index (χ1) is 8.71. The van der Waals surface area contributed by atoms with Gasteiger partial charge in [0.05, 0.1) is 20.3 Å². The molecule has 0 saturated carbocycles. The second-order valence-corrected chi connectivity index (χ2v) is 4.03. The van der Waals surface area contributed by atoms with Gasteiger partial charge in [-0.25, -0.2) is 0 Å². The molecule has 0 aliphatic heterocycles. The number of methoxy groups -OCH3 is 2. The summed E-state index contributed by atoms with van der Waals surface area (Å²) in [6.45, 7) is 2.07. The van der Waals surface area contributed by atoms with Crippen LogP contribution < -0.4 is 9.47 Å². The van der Waals surface area contributed by atoms with Crippen LogP contribution in [-0.2, 0) is 6.42 Å². The highest BCUT2D eigenvalue weighted by Crippen LogP contribution is 2.17. The molecule has 0 radical (unpaired) electrons. The minimum atomic E-state index is 0.518. The van der Waals surface area contributed by atoms with Gasteiger partial charge in [-0.05, 0) is 12.5 Å². The van der Waals surface area contributed by atoms with Gasteiger partial charge in [0.1, 0.15) is 5.82 Å². The number of hydrogen-bond acceptors (Lipinski definition) is 4. The van der Waals surface area contributed by atoms with Crippen molar-refractivity contribution < 1.29 is 9.47 Å². The molecule has 4 nitrogen and oxygen atoms in total. The van der Waals surface area contributed by atoms with Crippen LogP contribution in [0.25, 0.3) is 0 Å². The lowest BCUT2D eigenvalue weighted by molar-refractivity contribution is 0.369. The molecule has 0 aliphatic rings. The van der Waals surface area contributed by atoms with Crippen LogP contribution in [0.15, 0.2) is 30.3 Å². The maximum absolute atomic E-state index is 5.13. The lowest BCUT2D eigenvalue weighted by Gasteiger charge is -2.06. The number of nitrogens with zero attached hydrogens (tertiary/aromatic N) is 2. The molecule has 2 rings (SSSR count). The van der Waals surface area contributed by atoms with Gasteiger partial charge in [0.2, 0.25) is 11.8 Å². The van der Waals surface area contributed by atoms with E-state index in [0.29, 0.717) is 24.0 Å². The first-order valence-electron chi connectivity index (χ1n) is 5.72. The van der Waals surface area contributed by atoms with E-state index in [9.17, 15) is 0 Å². The quantitative estimate of drug-likeness (QED) is 0.828. The van der Waals surface area contributed by atoms with Gasteiger partial charge in [0, 0.05) is 6.42 Å². The molecule has 1 aromatic heterocycles. The molecule has 1 aromatic carbocycles. The van der Waals surface area contributed by atoms with Crippen molar-refractivity contribution in [1.82, 2.24) is 9.97 Å². The molecule has 2 aromatic rings. The molecule has 0 bridgehead atoms. The predicted octanol–water partition coefficient (Wildman–Crippen LogP) is 2.39. The van der Waals surface area contributed by atoms with Crippen LogP contribution in [0.2, 0.25) is 0 Å². The molecule has 4 heteroatoms. The third-order valence-electron chi connectivity index (χ3n) is 2.59. The third-order valence-corrected chi connectivity index (χ3v) is 2.59. The third kappa shape index (κ3) is 2.97. The van der Waals surface area contributed by atoms with E-state index >= 15 is 0 Å². The monoisotopic (exact) mass is 244 g/mol. The van der Waals surface area contributed by atoms with E-state index in [1.807, 2.05) is 6.07 Å². The van der Waals surface area contributed by atoms with E-state index < -0.39 is 0 Å². The van der Waals surface area contributed by atoms with Crippen LogP contribution in [0.5, 0.6) is 11.8 Å². The van der Waals surface area contributed by atoms with Gasteiger partial charge in [0.15, 0.2) is 0 Å². The first-order valence-corrected chi connectivity index (χ1v) is 5.72. The van der Waals surface area contributed by atoms with Crippen LogP contribution in [0.1, 0.15) is 17.0 Å². The molecule has 1 heterocycles. The van der Waals surface area contributed by atoms with Crippen LogP contribution in [0.4, 0.5) is 0 Å². The van der Waals surface area contributed by atoms with Gasteiger partial charge in [-0.15, -0.1) is 0 Å². The number of aromatic nitrogens is 2. The Kier molecular flexibility index (Phi) is 3.77. The maximum atomic E-state index is 5.13. The Hall–Kier alpha value is -2.10. The summed E-state index contributed by atoms with van der Waals surface area (Å²) in [6.07, 6.45) is 0.662. The van der Waals surface area contributed by atoms with E-state index in [2.05, 4.69) is 35.1 Å². The highest BCUT2D eigenvalue weighted by atomic mass is 16.5. The molecule has 0 amide bonds. The maximum Gasteiger partial charge on any atom is 0.220 e. The molecule has 0 spiro atoms. The Balaban J connectivity index is 2.28. The summed E-state index contributed by atoms with van der Waals surface area (Å²) >= 11 is 0. The number of ether oxygens (including phenoxy) is 2. The van der Waals surface area contributed by atoms with Crippen LogP contribution in [-0.4, -0.2) is 24.2 Å². The van der Waals surface area contributed by atoms with Crippen molar-refractivity contribution in [3.05, 3.63) is 47.3 Å². The number of benzene rings is 1. The van der Waals surface area contributed by atoms with E-state index in [4.69, 9.17) is 9.47 Å². The molecule has 0 atom stereocenters. The lowest BCUT2D eigenvalue weighted by atomic mass is 10.1. The molecule has 94 valence electrons. The minimum absolute atomic E-state index is 0.518. The summed E-state index contributed by atoms with van der Waals surface area (Å²) in [6, 6.07) is 9.94. The highest BCUT2D eigenvalue weighted by Gasteiger charge is 2.06. The fourth-order valence-electron chi connectivity index (χ4n) is 1.74. The Morgan fingerprint density at radius 2 is 1.67 bits per heavy atom. The molecule has 0 aliphatic carbocycles. The zero-order chi connectivity index (χ0) is 13.0. The van der Waals surface area contributed by atoms with Crippen LogP contribution >= 0.6 is 0 Å². The molecular weight excluding hydrogens is 228 g/mol. The lowest BCUT2D eigenvalue weighted by Crippen LogP contribution is -2.01. The SMILES string of the molecule is COc1cc(OC)nc(Cc2cccc(C)c2)n1. The van der Waals surface area contributed by atoms with Gasteiger partial charge in [-0.2, -0.15) is 9.97 Å². The molecule has 0 fully saturated rings. The van der Waals surface area contributed by atoms with Crippen LogP contribution in [0, 0.1) is 6.92 Å². The summed E-state index contributed by atoms with van der Waals surface area (Å²) in [5.74, 6) is 1.73. The Bertz CT molecular complexity index is 519. The zero-order valence-electron chi connectivity index (χ0n) is 10.8. The Morgan fingerprint density at radius 3 is 2.22 bits per heavy atom. The summed E-state index contributed by atoms with van der Waals surface area (Å²) in [5.41, 5.74) is 2.40. The fraction of sp³-hybridized carbons (Fsp3) is 0.286. The van der Waals surface area contributed by atoms with Crippen molar-refractivity contribution in [2.24, 2.45) is 0 Å². The Morgan fingerprint density at radius 1 is 1.00 bits per heavy atom. The average molecular weight is 244 g/mol. The topological polar surface area (TPSA) is 44.2 Å². The van der Waals surface area contributed by atoms with Crippen molar-refractivity contribution in [3.63, 3.8) is 0 Å². The first kappa shape index (κ1) is 12.4. The van der Waals surface area contributed by atoms with E-state index in [0.717, 1.165) is 0 Å². The second kappa shape index (κ2) is 5.49. The largest absolute Gasteiger partial charge is 0.481 e. The standard InChI is InChI=1S/C14H16N2O2/c1-10-5-4-6-11(7-10)8-12-15-13(17-2)9-14(16-12)18-3/h4-7,9H,8H2,1-3H3. The molecule has 18 heavy (non-hydrogen) atoms. The van der Waals surface area contributed by atoms with Crippen molar-refractivity contribution >= 4 is 0 Å². The fourth-order valence-corrected chi connectivity index (χ4v) is 1.74. The van der Waals surface area contributed by atoms with Gasteiger partial charge in [0.25, 0.3) is 0 Å². The molecule has 0 N–H and O–H groups in total. The predicted molar refractivity (Wildman–Crippen MR) is 69.1 cm³/mol. The van der Waals surface area contributed by atoms with Crippen molar-refractivity contribution in [1.29, 1.82) is 0 Å². The number of rotatable bonds is 4. The van der Waals surface area contributed by atoms with E-state index in [1.165, 1.54) is 11.1 Å². The average Bonchev–Trinajstić information content (AvgIpc) is 2.38. The molecule has 0 saturated heterocycles. The van der Waals surface area contributed by atoms with Crippen molar-refractivity contribution in [3.8, 4) is 11.8 Å². The van der Waals surface area contributed by atoms with Gasteiger partial charge < -0.3 is 9.47 Å². The number of aryl methyl sites for hydroxylation is 1. The summed E-state index contributed by atoms with van der Waals surface area (Å²) in [5, 5.41) is 0. The van der Waals surface area contributed by atoms with Gasteiger partial charge in [-0.1, -0.05) is 29.8 Å². The summed E-state index contributed by atoms with van der Waals surface area (Å²) in [4.78, 5) is 8.62. The highest BCUT2D eigenvalue weighted by molar-refractivity contribution is 5.27. The number of hydrogen-bond donors (Lipinski definition) is 0. The minimum Gasteiger partial charge on any atom is -0.481 e. The van der Waals surface area contributed by atoms with Gasteiger partial charge >= 0.3 is 0 Å². The van der Waals surface area contributed by atoms with Gasteiger partial charge in [-0.3, -0.25) is 0 Å². The second-order valence-electron chi connectivity index (χ2n) is 4.03. The molecule has 0 unspecified atom stereocenters. The normalized spacial score (nSPS) is 10.2. The van der Waals surface area contributed by atoms with Crippen LogP contribution in [0.3, 0.4) is 0 Å². The summed E-state index contributed by atoms with van der Waals surface area (Å²) in [7, 11) is 3.16.